The Balaban J connectivity index is 2.77. The van der Waals surface area contributed by atoms with Gasteiger partial charge in [0.05, 0.1) is 0 Å². The van der Waals surface area contributed by atoms with Gasteiger partial charge in [0, 0.05) is 19.3 Å². The topological polar surface area (TPSA) is 110 Å². The fourth-order valence-electron chi connectivity index (χ4n) is 1.62. The Hall–Kier alpha value is -2.03. The number of aromatic nitrogens is 2. The second-order valence-corrected chi connectivity index (χ2v) is 5.35. The molecule has 0 fully saturated rings. The molecule has 1 aromatic heterocycles. The van der Waals surface area contributed by atoms with Crippen molar-refractivity contribution in [3.05, 3.63) is 33.1 Å². The number of nitrogens with one attached hydrogen (secondary N) is 1. The molecule has 0 saturated carbocycles. The summed E-state index contributed by atoms with van der Waals surface area (Å²) in [5, 5.41) is 11.4. The van der Waals surface area contributed by atoms with Gasteiger partial charge >= 0.3 is 11.7 Å². The summed E-state index contributed by atoms with van der Waals surface area (Å²) >= 11 is 1.48. The molecule has 0 aliphatic carbocycles. The van der Waals surface area contributed by atoms with Crippen molar-refractivity contribution < 1.29 is 14.7 Å². The van der Waals surface area contributed by atoms with Gasteiger partial charge in [-0.05, 0) is 18.4 Å². The Morgan fingerprint density at radius 3 is 2.67 bits per heavy atom. The van der Waals surface area contributed by atoms with Gasteiger partial charge in [0.25, 0.3) is 5.56 Å². The number of hydrogen-bond donors (Lipinski definition) is 2. The number of carbonyl (C=O) groups excluding carboxylic acids is 1. The van der Waals surface area contributed by atoms with Gasteiger partial charge in [-0.3, -0.25) is 18.7 Å². The normalized spacial score (nSPS) is 11.9. The molecule has 0 bridgehead atoms. The van der Waals surface area contributed by atoms with Gasteiger partial charge in [-0.25, -0.2) is 9.59 Å². The smallest absolute Gasteiger partial charge is 0.331 e. The lowest BCUT2D eigenvalue weighted by Gasteiger charge is -2.14. The van der Waals surface area contributed by atoms with Crippen molar-refractivity contribution in [2.24, 2.45) is 7.05 Å². The molecule has 1 heterocycles. The van der Waals surface area contributed by atoms with Gasteiger partial charge < -0.3 is 10.4 Å². The van der Waals surface area contributed by atoms with Gasteiger partial charge in [-0.1, -0.05) is 0 Å². The minimum absolute atomic E-state index is 0.296. The van der Waals surface area contributed by atoms with Crippen LogP contribution in [0.2, 0.25) is 0 Å². The Morgan fingerprint density at radius 2 is 2.10 bits per heavy atom. The number of carbonyl (C=O) groups is 2. The summed E-state index contributed by atoms with van der Waals surface area (Å²) in [6, 6.07) is 0.171. The van der Waals surface area contributed by atoms with Gasteiger partial charge in [-0.2, -0.15) is 11.8 Å². The number of aliphatic carboxylic acids is 1. The van der Waals surface area contributed by atoms with Crippen molar-refractivity contribution in [2.75, 3.05) is 12.0 Å². The van der Waals surface area contributed by atoms with E-state index in [9.17, 15) is 19.2 Å². The molecule has 0 aliphatic heterocycles. The van der Waals surface area contributed by atoms with Crippen molar-refractivity contribution in [1.82, 2.24) is 14.5 Å². The SMILES string of the molecule is CSCCC(NC(=O)Cn1ccc(=O)n(C)c1=O)C(=O)O. The van der Waals surface area contributed by atoms with E-state index in [1.165, 1.54) is 25.0 Å². The highest BCUT2D eigenvalue weighted by Crippen LogP contribution is 2.01. The summed E-state index contributed by atoms with van der Waals surface area (Å²) in [5.41, 5.74) is -1.10. The molecular weight excluding hydrogens is 298 g/mol. The second kappa shape index (κ2) is 7.67. The van der Waals surface area contributed by atoms with Crippen LogP contribution in [0.1, 0.15) is 6.42 Å². The second-order valence-electron chi connectivity index (χ2n) is 4.36. The van der Waals surface area contributed by atoms with E-state index in [1.54, 1.807) is 0 Å². The number of thioether (sulfide) groups is 1. The molecule has 1 rings (SSSR count). The van der Waals surface area contributed by atoms with E-state index in [0.29, 0.717) is 12.2 Å². The molecule has 0 saturated heterocycles. The fraction of sp³-hybridized carbons (Fsp3) is 0.500. The summed E-state index contributed by atoms with van der Waals surface area (Å²) in [6.07, 6.45) is 3.34. The molecule has 8 nitrogen and oxygen atoms in total. The van der Waals surface area contributed by atoms with Crippen LogP contribution in [0.15, 0.2) is 21.9 Å². The lowest BCUT2D eigenvalue weighted by molar-refractivity contribution is -0.142. The predicted octanol–water partition coefficient (Wildman–Crippen LogP) is -1.13. The van der Waals surface area contributed by atoms with Crippen LogP contribution in [0.3, 0.4) is 0 Å². The first-order valence-electron chi connectivity index (χ1n) is 6.14. The molecule has 0 aliphatic rings. The molecule has 0 radical (unpaired) electrons. The maximum atomic E-state index is 11.8. The van der Waals surface area contributed by atoms with E-state index in [-0.39, 0.29) is 6.54 Å². The lowest BCUT2D eigenvalue weighted by atomic mass is 10.2. The summed E-state index contributed by atoms with van der Waals surface area (Å²) in [4.78, 5) is 45.8. The molecule has 116 valence electrons. The standard InChI is InChI=1S/C12H17N3O5S/c1-14-10(17)3-5-15(12(14)20)7-9(16)13-8(11(18)19)4-6-21-2/h3,5,8H,4,6-7H2,1-2H3,(H,13,16)(H,18,19). The zero-order chi connectivity index (χ0) is 16.0. The molecule has 1 atom stereocenters. The fourth-order valence-corrected chi connectivity index (χ4v) is 2.10. The first kappa shape index (κ1) is 17.0. The minimum Gasteiger partial charge on any atom is -0.480 e. The number of carboxylic acid groups (broad SMARTS) is 1. The molecule has 0 spiro atoms. The number of rotatable bonds is 7. The van der Waals surface area contributed by atoms with Crippen molar-refractivity contribution >= 4 is 23.6 Å². The lowest BCUT2D eigenvalue weighted by Crippen LogP contribution is -2.45. The van der Waals surface area contributed by atoms with E-state index in [2.05, 4.69) is 5.32 Å². The molecule has 21 heavy (non-hydrogen) atoms. The molecule has 1 amide bonds. The first-order chi connectivity index (χ1) is 9.86. The van der Waals surface area contributed by atoms with Crippen LogP contribution in [-0.4, -0.2) is 44.2 Å². The zero-order valence-corrected chi connectivity index (χ0v) is 12.6. The van der Waals surface area contributed by atoms with Crippen molar-refractivity contribution in [3.8, 4) is 0 Å². The van der Waals surface area contributed by atoms with Gasteiger partial charge in [0.2, 0.25) is 5.91 Å². The first-order valence-corrected chi connectivity index (χ1v) is 7.53. The van der Waals surface area contributed by atoms with Crippen LogP contribution in [-0.2, 0) is 23.2 Å². The van der Waals surface area contributed by atoms with E-state index < -0.39 is 29.2 Å². The molecule has 0 aromatic carbocycles. The molecule has 1 unspecified atom stereocenters. The minimum atomic E-state index is -1.12. The summed E-state index contributed by atoms with van der Waals surface area (Å²) in [7, 11) is 1.30. The van der Waals surface area contributed by atoms with E-state index in [4.69, 9.17) is 5.11 Å². The average Bonchev–Trinajstić information content (AvgIpc) is 2.43. The highest BCUT2D eigenvalue weighted by molar-refractivity contribution is 7.98. The molecule has 9 heteroatoms. The van der Waals surface area contributed by atoms with Gasteiger partial charge in [-0.15, -0.1) is 0 Å². The Kier molecular flexibility index (Phi) is 6.22. The Morgan fingerprint density at radius 1 is 1.43 bits per heavy atom. The predicted molar refractivity (Wildman–Crippen MR) is 78.5 cm³/mol. The Bertz CT molecular complexity index is 637. The third-order valence-corrected chi connectivity index (χ3v) is 3.46. The molecular formula is C12H17N3O5S. The third-order valence-electron chi connectivity index (χ3n) is 2.82. The third kappa shape index (κ3) is 4.78. The van der Waals surface area contributed by atoms with E-state index in [0.717, 1.165) is 15.2 Å². The van der Waals surface area contributed by atoms with Crippen LogP contribution >= 0.6 is 11.8 Å². The Labute approximate surface area is 124 Å². The van der Waals surface area contributed by atoms with E-state index >= 15 is 0 Å². The number of nitrogens with zero attached hydrogens (tertiary/aromatic N) is 2. The molecule has 1 aromatic rings. The van der Waals surface area contributed by atoms with Crippen LogP contribution in [0.5, 0.6) is 0 Å². The van der Waals surface area contributed by atoms with Crippen molar-refractivity contribution in [2.45, 2.75) is 19.0 Å². The van der Waals surface area contributed by atoms with Crippen molar-refractivity contribution in [1.29, 1.82) is 0 Å². The van der Waals surface area contributed by atoms with Crippen LogP contribution in [0.25, 0.3) is 0 Å². The van der Waals surface area contributed by atoms with Crippen LogP contribution < -0.4 is 16.6 Å². The highest BCUT2D eigenvalue weighted by atomic mass is 32.2. The monoisotopic (exact) mass is 315 g/mol. The quantitative estimate of drug-likeness (QED) is 0.659. The number of carboxylic acids is 1. The number of amides is 1. The van der Waals surface area contributed by atoms with Gasteiger partial charge in [0.1, 0.15) is 12.6 Å². The average molecular weight is 315 g/mol. The van der Waals surface area contributed by atoms with Crippen molar-refractivity contribution in [3.63, 3.8) is 0 Å². The highest BCUT2D eigenvalue weighted by Gasteiger charge is 2.19. The van der Waals surface area contributed by atoms with Crippen LogP contribution in [0, 0.1) is 0 Å². The van der Waals surface area contributed by atoms with E-state index in [1.807, 2.05) is 6.26 Å². The summed E-state index contributed by atoms with van der Waals surface area (Å²) in [6.45, 7) is -0.337. The molecule has 2 N–H and O–H groups in total. The van der Waals surface area contributed by atoms with Crippen LogP contribution in [0.4, 0.5) is 0 Å². The maximum Gasteiger partial charge on any atom is 0.331 e. The summed E-state index contributed by atoms with van der Waals surface area (Å²) in [5.74, 6) is -1.12. The van der Waals surface area contributed by atoms with Gasteiger partial charge in [0.15, 0.2) is 0 Å². The largest absolute Gasteiger partial charge is 0.480 e. The summed E-state index contributed by atoms with van der Waals surface area (Å²) < 4.78 is 1.92. The maximum absolute atomic E-state index is 11.8. The zero-order valence-electron chi connectivity index (χ0n) is 11.7. The number of hydrogen-bond acceptors (Lipinski definition) is 5.